The number of hydrogen-bond acceptors (Lipinski definition) is 3. The highest BCUT2D eigenvalue weighted by Crippen LogP contribution is 2.43. The van der Waals surface area contributed by atoms with Crippen molar-refractivity contribution in [3.05, 3.63) is 54.1 Å². The van der Waals surface area contributed by atoms with E-state index in [1.54, 1.807) is 0 Å². The number of anilines is 2. The summed E-state index contributed by atoms with van der Waals surface area (Å²) in [6.07, 6.45) is 1.30. The molecule has 0 amide bonds. The molecular weight excluding hydrogens is 260 g/mol. The van der Waals surface area contributed by atoms with E-state index in [9.17, 15) is 0 Å². The summed E-state index contributed by atoms with van der Waals surface area (Å²) < 4.78 is 5.73. The normalized spacial score (nSPS) is 20.3. The number of rotatable bonds is 5. The third kappa shape index (κ3) is 3.30. The van der Waals surface area contributed by atoms with Crippen LogP contribution < -0.4 is 15.8 Å². The van der Waals surface area contributed by atoms with Crippen molar-refractivity contribution >= 4 is 11.4 Å². The van der Waals surface area contributed by atoms with Crippen molar-refractivity contribution in [2.24, 2.45) is 0 Å². The third-order valence-electron chi connectivity index (χ3n) is 3.75. The molecule has 2 atom stereocenters. The molecule has 3 heteroatoms. The van der Waals surface area contributed by atoms with E-state index in [-0.39, 0.29) is 6.10 Å². The van der Waals surface area contributed by atoms with Gasteiger partial charge in [0.15, 0.2) is 0 Å². The van der Waals surface area contributed by atoms with E-state index in [1.807, 2.05) is 32.0 Å². The Morgan fingerprint density at radius 1 is 1.14 bits per heavy atom. The lowest BCUT2D eigenvalue weighted by Crippen LogP contribution is -2.09. The Bertz CT molecular complexity index is 610. The molecule has 3 rings (SSSR count). The Labute approximate surface area is 126 Å². The van der Waals surface area contributed by atoms with E-state index in [1.165, 1.54) is 12.0 Å². The number of nitrogens with one attached hydrogen (secondary N) is 1. The van der Waals surface area contributed by atoms with Crippen LogP contribution in [-0.4, -0.2) is 12.1 Å². The zero-order valence-electron chi connectivity index (χ0n) is 12.5. The standard InChI is InChI=1S/C18H22N2O/c1-12(2)21-18-10-14(8-9-16(18)19)20-17-11-15(17)13-6-4-3-5-7-13/h3-10,12,15,17,20H,11,19H2,1-2H3. The summed E-state index contributed by atoms with van der Waals surface area (Å²) in [5.74, 6) is 1.37. The summed E-state index contributed by atoms with van der Waals surface area (Å²) in [4.78, 5) is 0. The lowest BCUT2D eigenvalue weighted by molar-refractivity contribution is 0.244. The SMILES string of the molecule is CC(C)Oc1cc(NC2CC2c2ccccc2)ccc1N. The second kappa shape index (κ2) is 5.68. The van der Waals surface area contributed by atoms with Crippen LogP contribution in [0.3, 0.4) is 0 Å². The highest BCUT2D eigenvalue weighted by atomic mass is 16.5. The highest BCUT2D eigenvalue weighted by molar-refractivity contribution is 5.62. The van der Waals surface area contributed by atoms with Crippen LogP contribution in [0.2, 0.25) is 0 Å². The topological polar surface area (TPSA) is 47.3 Å². The molecule has 0 aliphatic heterocycles. The monoisotopic (exact) mass is 282 g/mol. The Kier molecular flexibility index (Phi) is 3.74. The zero-order chi connectivity index (χ0) is 14.8. The number of nitrogens with two attached hydrogens (primary N) is 1. The van der Waals surface area contributed by atoms with Gasteiger partial charge in [-0.1, -0.05) is 30.3 Å². The van der Waals surface area contributed by atoms with Crippen molar-refractivity contribution in [2.45, 2.75) is 38.3 Å². The quantitative estimate of drug-likeness (QED) is 0.814. The zero-order valence-corrected chi connectivity index (χ0v) is 12.5. The van der Waals surface area contributed by atoms with Crippen molar-refractivity contribution in [1.82, 2.24) is 0 Å². The summed E-state index contributed by atoms with van der Waals surface area (Å²) in [5, 5.41) is 3.57. The molecule has 21 heavy (non-hydrogen) atoms. The van der Waals surface area contributed by atoms with Crippen molar-refractivity contribution in [3.8, 4) is 5.75 Å². The molecule has 0 aromatic heterocycles. The molecule has 110 valence electrons. The van der Waals surface area contributed by atoms with Crippen LogP contribution in [0.5, 0.6) is 5.75 Å². The molecular formula is C18H22N2O. The summed E-state index contributed by atoms with van der Waals surface area (Å²) in [6.45, 7) is 4.01. The van der Waals surface area contributed by atoms with Crippen molar-refractivity contribution < 1.29 is 4.74 Å². The summed E-state index contributed by atoms with van der Waals surface area (Å²) in [5.41, 5.74) is 9.11. The van der Waals surface area contributed by atoms with Crippen LogP contribution in [0.1, 0.15) is 31.7 Å². The first kappa shape index (κ1) is 13.8. The van der Waals surface area contributed by atoms with Crippen LogP contribution in [0.4, 0.5) is 11.4 Å². The number of nitrogen functional groups attached to an aromatic ring is 1. The third-order valence-corrected chi connectivity index (χ3v) is 3.75. The van der Waals surface area contributed by atoms with Crippen LogP contribution in [0, 0.1) is 0 Å². The molecule has 3 N–H and O–H groups in total. The van der Waals surface area contributed by atoms with Gasteiger partial charge in [-0.3, -0.25) is 0 Å². The molecule has 1 aliphatic carbocycles. The van der Waals surface area contributed by atoms with Gasteiger partial charge in [0.05, 0.1) is 11.8 Å². The first-order valence-corrected chi connectivity index (χ1v) is 7.51. The van der Waals surface area contributed by atoms with Gasteiger partial charge in [0.1, 0.15) is 5.75 Å². The van der Waals surface area contributed by atoms with Gasteiger partial charge < -0.3 is 15.8 Å². The molecule has 0 radical (unpaired) electrons. The van der Waals surface area contributed by atoms with Gasteiger partial charge in [-0.15, -0.1) is 0 Å². The summed E-state index contributed by atoms with van der Waals surface area (Å²) in [7, 11) is 0. The molecule has 1 fully saturated rings. The van der Waals surface area contributed by atoms with Crippen LogP contribution >= 0.6 is 0 Å². The molecule has 0 heterocycles. The molecule has 0 bridgehead atoms. The van der Waals surface area contributed by atoms with Gasteiger partial charge >= 0.3 is 0 Å². The van der Waals surface area contributed by atoms with E-state index in [0.717, 1.165) is 11.4 Å². The second-order valence-corrected chi connectivity index (χ2v) is 5.92. The van der Waals surface area contributed by atoms with Gasteiger partial charge in [0, 0.05) is 23.7 Å². The van der Waals surface area contributed by atoms with E-state index < -0.39 is 0 Å². The maximum absolute atomic E-state index is 5.95. The second-order valence-electron chi connectivity index (χ2n) is 5.92. The highest BCUT2D eigenvalue weighted by Gasteiger charge is 2.38. The minimum absolute atomic E-state index is 0.126. The van der Waals surface area contributed by atoms with Crippen LogP contribution in [-0.2, 0) is 0 Å². The first-order chi connectivity index (χ1) is 10.1. The van der Waals surface area contributed by atoms with Gasteiger partial charge in [-0.05, 0) is 38.0 Å². The van der Waals surface area contributed by atoms with Gasteiger partial charge in [-0.2, -0.15) is 0 Å². The minimum atomic E-state index is 0.126. The van der Waals surface area contributed by atoms with Crippen LogP contribution in [0.25, 0.3) is 0 Å². The molecule has 0 saturated heterocycles. The Balaban J connectivity index is 1.67. The Hall–Kier alpha value is -2.16. The van der Waals surface area contributed by atoms with Gasteiger partial charge in [0.2, 0.25) is 0 Å². The fourth-order valence-electron chi connectivity index (χ4n) is 2.62. The van der Waals surface area contributed by atoms with Crippen molar-refractivity contribution in [3.63, 3.8) is 0 Å². The summed E-state index contributed by atoms with van der Waals surface area (Å²) >= 11 is 0. The minimum Gasteiger partial charge on any atom is -0.489 e. The fraction of sp³-hybridized carbons (Fsp3) is 0.333. The van der Waals surface area contributed by atoms with Gasteiger partial charge in [-0.25, -0.2) is 0 Å². The lowest BCUT2D eigenvalue weighted by atomic mass is 10.1. The van der Waals surface area contributed by atoms with E-state index in [4.69, 9.17) is 10.5 Å². The molecule has 1 aliphatic rings. The predicted molar refractivity (Wildman–Crippen MR) is 87.8 cm³/mol. The molecule has 2 unspecified atom stereocenters. The van der Waals surface area contributed by atoms with E-state index in [2.05, 4.69) is 35.6 Å². The van der Waals surface area contributed by atoms with E-state index >= 15 is 0 Å². The molecule has 0 spiro atoms. The average Bonchev–Trinajstić information content (AvgIpc) is 3.22. The number of ether oxygens (including phenoxy) is 1. The maximum Gasteiger partial charge on any atom is 0.144 e. The predicted octanol–water partition coefficient (Wildman–Crippen LogP) is 4.02. The molecule has 2 aromatic rings. The summed E-state index contributed by atoms with van der Waals surface area (Å²) in [6, 6.07) is 17.1. The first-order valence-electron chi connectivity index (χ1n) is 7.51. The smallest absolute Gasteiger partial charge is 0.144 e. The molecule has 1 saturated carbocycles. The number of hydrogen-bond donors (Lipinski definition) is 2. The van der Waals surface area contributed by atoms with Crippen LogP contribution in [0.15, 0.2) is 48.5 Å². The lowest BCUT2D eigenvalue weighted by Gasteiger charge is -2.14. The Morgan fingerprint density at radius 3 is 2.62 bits per heavy atom. The largest absolute Gasteiger partial charge is 0.489 e. The Morgan fingerprint density at radius 2 is 1.90 bits per heavy atom. The molecule has 3 nitrogen and oxygen atoms in total. The average molecular weight is 282 g/mol. The molecule has 2 aromatic carbocycles. The fourth-order valence-corrected chi connectivity index (χ4v) is 2.62. The van der Waals surface area contributed by atoms with Crippen molar-refractivity contribution in [2.75, 3.05) is 11.1 Å². The van der Waals surface area contributed by atoms with Gasteiger partial charge in [0.25, 0.3) is 0 Å². The van der Waals surface area contributed by atoms with Crippen molar-refractivity contribution in [1.29, 1.82) is 0 Å². The van der Waals surface area contributed by atoms with E-state index in [0.29, 0.717) is 17.6 Å². The maximum atomic E-state index is 5.95. The number of benzene rings is 2.